The number of esters is 1. The van der Waals surface area contributed by atoms with Crippen LogP contribution >= 0.6 is 0 Å². The molecular formula is C10H18FNO2. The third-order valence-corrected chi connectivity index (χ3v) is 2.70. The molecule has 1 aliphatic heterocycles. The molecule has 1 fully saturated rings. The predicted molar refractivity (Wildman–Crippen MR) is 51.8 cm³/mol. The minimum absolute atomic E-state index is 0.250. The highest BCUT2D eigenvalue weighted by Crippen LogP contribution is 2.29. The lowest BCUT2D eigenvalue weighted by Crippen LogP contribution is -2.31. The van der Waals surface area contributed by atoms with E-state index in [9.17, 15) is 9.18 Å². The van der Waals surface area contributed by atoms with Gasteiger partial charge in [0.05, 0.1) is 7.11 Å². The maximum atomic E-state index is 14.0. The van der Waals surface area contributed by atoms with Crippen LogP contribution in [0.4, 0.5) is 4.39 Å². The van der Waals surface area contributed by atoms with Gasteiger partial charge < -0.3 is 10.1 Å². The van der Waals surface area contributed by atoms with Crippen molar-refractivity contribution in [3.05, 3.63) is 0 Å². The van der Waals surface area contributed by atoms with Crippen molar-refractivity contribution in [1.29, 1.82) is 0 Å². The molecule has 0 saturated carbocycles. The second-order valence-electron chi connectivity index (χ2n) is 3.92. The zero-order valence-corrected chi connectivity index (χ0v) is 8.81. The van der Waals surface area contributed by atoms with E-state index < -0.39 is 11.7 Å². The summed E-state index contributed by atoms with van der Waals surface area (Å²) in [4.78, 5) is 11.1. The summed E-state index contributed by atoms with van der Waals surface area (Å²) >= 11 is 0. The van der Waals surface area contributed by atoms with Crippen LogP contribution in [0.1, 0.15) is 32.6 Å². The summed E-state index contributed by atoms with van der Waals surface area (Å²) in [7, 11) is 1.33. The molecule has 0 amide bonds. The van der Waals surface area contributed by atoms with Crippen LogP contribution in [0, 0.1) is 0 Å². The number of carbonyl (C=O) groups excluding carboxylic acids is 1. The Bertz CT molecular complexity index is 210. The number of carbonyl (C=O) groups is 1. The molecule has 1 N–H and O–H groups in total. The van der Waals surface area contributed by atoms with Gasteiger partial charge in [-0.3, -0.25) is 4.79 Å². The number of unbranched alkanes of at least 4 members (excludes halogenated alkanes) is 1. The number of hydrogen-bond acceptors (Lipinski definition) is 3. The fourth-order valence-corrected chi connectivity index (χ4v) is 1.81. The van der Waals surface area contributed by atoms with Gasteiger partial charge >= 0.3 is 5.97 Å². The van der Waals surface area contributed by atoms with Crippen molar-refractivity contribution in [2.24, 2.45) is 0 Å². The molecule has 3 nitrogen and oxygen atoms in total. The Balaban J connectivity index is 2.42. The van der Waals surface area contributed by atoms with Crippen LogP contribution in [0.5, 0.6) is 0 Å². The average molecular weight is 203 g/mol. The summed E-state index contributed by atoms with van der Waals surface area (Å²) in [5.41, 5.74) is -1.21. The Morgan fingerprint density at radius 1 is 1.71 bits per heavy atom. The SMILES string of the molecule is CCCCC1(F)CN[C@H]([12C](=O)OC)C1. The highest BCUT2D eigenvalue weighted by atomic mass is 19.1. The van der Waals surface area contributed by atoms with E-state index in [1.54, 1.807) is 0 Å². The predicted octanol–water partition coefficient (Wildman–Crippen LogP) is 1.42. The van der Waals surface area contributed by atoms with Crippen molar-refractivity contribution in [2.45, 2.75) is 44.3 Å². The van der Waals surface area contributed by atoms with Gasteiger partial charge in [0.15, 0.2) is 0 Å². The van der Waals surface area contributed by atoms with Crippen LogP contribution in [0.15, 0.2) is 0 Å². The number of methoxy groups -OCH3 is 1. The molecule has 0 aromatic rings. The van der Waals surface area contributed by atoms with E-state index in [0.717, 1.165) is 12.8 Å². The van der Waals surface area contributed by atoms with E-state index in [1.807, 2.05) is 6.92 Å². The van der Waals surface area contributed by atoms with Crippen molar-refractivity contribution in [2.75, 3.05) is 13.7 Å². The van der Waals surface area contributed by atoms with Crippen LogP contribution in [0.25, 0.3) is 0 Å². The van der Waals surface area contributed by atoms with E-state index in [-0.39, 0.29) is 18.9 Å². The normalized spacial score (nSPS) is 31.8. The first-order chi connectivity index (χ1) is 6.61. The topological polar surface area (TPSA) is 38.3 Å². The third kappa shape index (κ3) is 2.67. The summed E-state index contributed by atoms with van der Waals surface area (Å²) in [6.07, 6.45) is 2.63. The van der Waals surface area contributed by atoms with Crippen LogP contribution in [-0.4, -0.2) is 31.3 Å². The van der Waals surface area contributed by atoms with Gasteiger partial charge in [0.2, 0.25) is 0 Å². The van der Waals surface area contributed by atoms with Gasteiger partial charge in [0.1, 0.15) is 11.7 Å². The number of rotatable bonds is 4. The molecule has 14 heavy (non-hydrogen) atoms. The maximum absolute atomic E-state index is 14.0. The Kier molecular flexibility index (Phi) is 3.86. The fraction of sp³-hybridized carbons (Fsp3) is 0.900. The Morgan fingerprint density at radius 2 is 2.43 bits per heavy atom. The summed E-state index contributed by atoms with van der Waals surface area (Å²) in [5, 5.41) is 2.86. The van der Waals surface area contributed by atoms with Gasteiger partial charge in [0, 0.05) is 13.0 Å². The zero-order valence-electron chi connectivity index (χ0n) is 8.81. The molecule has 0 aliphatic carbocycles. The molecule has 1 rings (SSSR count). The lowest BCUT2D eigenvalue weighted by atomic mass is 9.96. The molecule has 0 aromatic heterocycles. The summed E-state index contributed by atoms with van der Waals surface area (Å²) < 4.78 is 18.5. The standard InChI is InChI=1S/C10H18FNO2/c1-3-4-5-10(11)6-8(12-7-10)9(13)14-2/h8,12H,3-7H2,1-2H3/t8-,10?/m0/s1/i9+0. The molecule has 1 saturated heterocycles. The van der Waals surface area contributed by atoms with E-state index >= 15 is 0 Å². The van der Waals surface area contributed by atoms with Crippen molar-refractivity contribution in [1.82, 2.24) is 5.32 Å². The minimum Gasteiger partial charge on any atom is -0.468 e. The Labute approximate surface area is 84.0 Å². The molecule has 0 radical (unpaired) electrons. The lowest BCUT2D eigenvalue weighted by molar-refractivity contribution is -0.142. The highest BCUT2D eigenvalue weighted by Gasteiger charge is 2.41. The molecule has 0 bridgehead atoms. The summed E-state index contributed by atoms with van der Waals surface area (Å²) in [6.45, 7) is 2.30. The van der Waals surface area contributed by atoms with Crippen LogP contribution in [-0.2, 0) is 9.53 Å². The summed E-state index contributed by atoms with van der Waals surface area (Å²) in [5.74, 6) is -0.360. The molecule has 1 aliphatic rings. The van der Waals surface area contributed by atoms with Gasteiger partial charge in [-0.15, -0.1) is 0 Å². The van der Waals surface area contributed by atoms with E-state index in [4.69, 9.17) is 0 Å². The van der Waals surface area contributed by atoms with E-state index in [2.05, 4.69) is 10.1 Å². The third-order valence-electron chi connectivity index (χ3n) is 2.70. The van der Waals surface area contributed by atoms with Gasteiger partial charge in [0.25, 0.3) is 0 Å². The van der Waals surface area contributed by atoms with Gasteiger partial charge in [-0.1, -0.05) is 19.8 Å². The van der Waals surface area contributed by atoms with Crippen molar-refractivity contribution >= 4 is 5.97 Å². The smallest absolute Gasteiger partial charge is 0.322 e. The van der Waals surface area contributed by atoms with E-state index in [0.29, 0.717) is 6.42 Å². The van der Waals surface area contributed by atoms with Crippen molar-refractivity contribution < 1.29 is 13.9 Å². The highest BCUT2D eigenvalue weighted by molar-refractivity contribution is 5.76. The summed E-state index contributed by atoms with van der Waals surface area (Å²) in [6, 6.07) is -0.457. The Hall–Kier alpha value is -0.640. The minimum atomic E-state index is -1.21. The van der Waals surface area contributed by atoms with Gasteiger partial charge in [-0.2, -0.15) is 0 Å². The number of nitrogens with one attached hydrogen (secondary N) is 1. The monoisotopic (exact) mass is 203 g/mol. The molecule has 82 valence electrons. The molecule has 4 heteroatoms. The molecule has 2 atom stereocenters. The van der Waals surface area contributed by atoms with Crippen LogP contribution in [0.2, 0.25) is 0 Å². The second kappa shape index (κ2) is 4.73. The van der Waals surface area contributed by atoms with Crippen molar-refractivity contribution in [3.8, 4) is 0 Å². The lowest BCUT2D eigenvalue weighted by Gasteiger charge is -2.17. The number of halogens is 1. The van der Waals surface area contributed by atoms with Crippen molar-refractivity contribution in [3.63, 3.8) is 0 Å². The zero-order chi connectivity index (χ0) is 10.6. The molecule has 1 heterocycles. The fourth-order valence-electron chi connectivity index (χ4n) is 1.81. The molecule has 0 aromatic carbocycles. The van der Waals surface area contributed by atoms with Crippen LogP contribution in [0.3, 0.4) is 0 Å². The molecule has 1 unspecified atom stereocenters. The quantitative estimate of drug-likeness (QED) is 0.702. The first kappa shape index (κ1) is 11.4. The first-order valence-corrected chi connectivity index (χ1v) is 5.11. The van der Waals surface area contributed by atoms with Gasteiger partial charge in [-0.25, -0.2) is 4.39 Å². The van der Waals surface area contributed by atoms with Crippen LogP contribution < -0.4 is 5.32 Å². The Morgan fingerprint density at radius 3 is 3.00 bits per heavy atom. The number of ether oxygens (including phenoxy) is 1. The van der Waals surface area contributed by atoms with E-state index in [1.165, 1.54) is 7.11 Å². The molecule has 0 spiro atoms. The number of alkyl halides is 1. The largest absolute Gasteiger partial charge is 0.468 e. The maximum Gasteiger partial charge on any atom is 0.322 e. The second-order valence-corrected chi connectivity index (χ2v) is 3.92. The first-order valence-electron chi connectivity index (χ1n) is 5.11. The average Bonchev–Trinajstić information content (AvgIpc) is 2.57. The van der Waals surface area contributed by atoms with Gasteiger partial charge in [-0.05, 0) is 6.42 Å². The molecular weight excluding hydrogens is 185 g/mol. The number of hydrogen-bond donors (Lipinski definition) is 1.